The highest BCUT2D eigenvalue weighted by Crippen LogP contribution is 2.15. The molecule has 1 unspecified atom stereocenters. The maximum atomic E-state index is 11.6. The smallest absolute Gasteiger partial charge is 0.280 e. The molecule has 0 radical (unpaired) electrons. The van der Waals surface area contributed by atoms with E-state index in [0.717, 1.165) is 5.56 Å². The van der Waals surface area contributed by atoms with Crippen molar-refractivity contribution in [3.8, 4) is 0 Å². The number of nitrogens with one attached hydrogen (secondary N) is 1. The summed E-state index contributed by atoms with van der Waals surface area (Å²) in [5.41, 5.74) is 7.00. The van der Waals surface area contributed by atoms with Crippen LogP contribution in [-0.4, -0.2) is 31.6 Å². The lowest BCUT2D eigenvalue weighted by Crippen LogP contribution is -2.30. The fourth-order valence-electron chi connectivity index (χ4n) is 1.67. The summed E-state index contributed by atoms with van der Waals surface area (Å²) in [5.74, 6) is 0. The molecular weight excluding hydrogens is 242 g/mol. The van der Waals surface area contributed by atoms with Gasteiger partial charge in [0, 0.05) is 18.8 Å². The van der Waals surface area contributed by atoms with Gasteiger partial charge in [-0.05, 0) is 17.7 Å². The first kappa shape index (κ1) is 12.0. The maximum absolute atomic E-state index is 11.6. The van der Waals surface area contributed by atoms with Gasteiger partial charge in [0.25, 0.3) is 10.2 Å². The van der Waals surface area contributed by atoms with Crippen LogP contribution in [-0.2, 0) is 21.5 Å². The molecule has 0 bridgehead atoms. The third-order valence-electron chi connectivity index (χ3n) is 2.54. The van der Waals surface area contributed by atoms with Gasteiger partial charge in [-0.2, -0.15) is 17.4 Å². The lowest BCUT2D eigenvalue weighted by Gasteiger charge is -2.13. The van der Waals surface area contributed by atoms with Crippen molar-refractivity contribution >= 4 is 22.2 Å². The van der Waals surface area contributed by atoms with Gasteiger partial charge in [-0.1, -0.05) is 12.1 Å². The molecule has 1 aliphatic heterocycles. The van der Waals surface area contributed by atoms with E-state index in [1.165, 1.54) is 4.31 Å². The molecule has 3 N–H and O–H groups in total. The zero-order valence-corrected chi connectivity index (χ0v) is 9.85. The van der Waals surface area contributed by atoms with Crippen molar-refractivity contribution < 1.29 is 13.2 Å². The average Bonchev–Trinajstić information content (AvgIpc) is 2.57. The Morgan fingerprint density at radius 1 is 1.41 bits per heavy atom. The molecule has 0 spiro atoms. The molecule has 17 heavy (non-hydrogen) atoms. The Hall–Kier alpha value is -1.44. The van der Waals surface area contributed by atoms with Gasteiger partial charge in [0.2, 0.25) is 0 Å². The minimum absolute atomic E-state index is 0.163. The number of nitrogen functional groups attached to an aromatic ring is 1. The predicted octanol–water partition coefficient (Wildman–Crippen LogP) is -0.514. The molecule has 1 aromatic rings. The topological polar surface area (TPSA) is 92.5 Å². The Morgan fingerprint density at radius 2 is 2.06 bits per heavy atom. The monoisotopic (exact) mass is 255 g/mol. The number of rotatable bonds is 3. The average molecular weight is 255 g/mol. The van der Waals surface area contributed by atoms with Crippen LogP contribution >= 0.6 is 0 Å². The van der Waals surface area contributed by atoms with Gasteiger partial charge in [0.05, 0.1) is 6.04 Å². The second kappa shape index (κ2) is 4.44. The molecule has 0 aliphatic carbocycles. The summed E-state index contributed by atoms with van der Waals surface area (Å²) in [4.78, 5) is 10.6. The Labute approximate surface area is 99.6 Å². The fourth-order valence-corrected chi connectivity index (χ4v) is 3.01. The summed E-state index contributed by atoms with van der Waals surface area (Å²) in [5, 5.41) is 0. The number of nitrogens with two attached hydrogens (primary N) is 1. The van der Waals surface area contributed by atoms with Crippen LogP contribution in [0.1, 0.15) is 5.56 Å². The van der Waals surface area contributed by atoms with Crippen molar-refractivity contribution in [1.29, 1.82) is 0 Å². The highest BCUT2D eigenvalue weighted by molar-refractivity contribution is 7.87. The van der Waals surface area contributed by atoms with Gasteiger partial charge in [-0.15, -0.1) is 0 Å². The Balaban J connectivity index is 2.14. The first-order valence-corrected chi connectivity index (χ1v) is 6.52. The van der Waals surface area contributed by atoms with Crippen molar-refractivity contribution in [3.05, 3.63) is 29.8 Å². The molecule has 2 rings (SSSR count). The van der Waals surface area contributed by atoms with Crippen LogP contribution < -0.4 is 10.5 Å². The quantitative estimate of drug-likeness (QED) is 0.562. The van der Waals surface area contributed by atoms with E-state index in [4.69, 9.17) is 5.73 Å². The first-order valence-electron chi connectivity index (χ1n) is 5.08. The van der Waals surface area contributed by atoms with Gasteiger partial charge >= 0.3 is 0 Å². The highest BCUT2D eigenvalue weighted by atomic mass is 32.2. The molecule has 1 aromatic carbocycles. The molecule has 6 nitrogen and oxygen atoms in total. The van der Waals surface area contributed by atoms with E-state index in [-0.39, 0.29) is 13.1 Å². The Kier molecular flexibility index (Phi) is 3.14. The second-order valence-corrected chi connectivity index (χ2v) is 5.60. The minimum atomic E-state index is -3.54. The van der Waals surface area contributed by atoms with Crippen LogP contribution in [0, 0.1) is 0 Å². The summed E-state index contributed by atoms with van der Waals surface area (Å²) in [6.45, 7) is 0.399. The number of benzene rings is 1. The second-order valence-electron chi connectivity index (χ2n) is 3.90. The van der Waals surface area contributed by atoms with Crippen LogP contribution in [0.4, 0.5) is 5.69 Å². The maximum Gasteiger partial charge on any atom is 0.280 e. The molecule has 1 saturated heterocycles. The molecule has 92 valence electrons. The number of nitrogens with zero attached hydrogens (tertiary/aromatic N) is 1. The number of aldehydes is 1. The molecule has 1 fully saturated rings. The highest BCUT2D eigenvalue weighted by Gasteiger charge is 2.34. The van der Waals surface area contributed by atoms with Gasteiger partial charge in [-0.3, -0.25) is 0 Å². The third kappa shape index (κ3) is 2.63. The zero-order valence-electron chi connectivity index (χ0n) is 9.04. The van der Waals surface area contributed by atoms with Crippen LogP contribution in [0.2, 0.25) is 0 Å². The number of hydrogen-bond donors (Lipinski definition) is 2. The van der Waals surface area contributed by atoms with Crippen molar-refractivity contribution in [2.24, 2.45) is 0 Å². The molecule has 7 heteroatoms. The molecule has 0 aromatic heterocycles. The van der Waals surface area contributed by atoms with Crippen LogP contribution in [0.5, 0.6) is 0 Å². The van der Waals surface area contributed by atoms with Crippen LogP contribution in [0.25, 0.3) is 0 Å². The van der Waals surface area contributed by atoms with Crippen molar-refractivity contribution in [2.45, 2.75) is 12.6 Å². The molecule has 1 aliphatic rings. The Bertz CT molecular complexity index is 512. The number of anilines is 1. The SMILES string of the molecule is Nc1ccc(CN2CC(C=O)NS2(=O)=O)cc1. The first-order chi connectivity index (χ1) is 8.01. The number of carbonyl (C=O) groups excluding carboxylic acids is 1. The van der Waals surface area contributed by atoms with E-state index in [9.17, 15) is 13.2 Å². The van der Waals surface area contributed by atoms with Gasteiger partial charge < -0.3 is 10.5 Å². The standard InChI is InChI=1S/C10H13N3O3S/c11-9-3-1-8(2-4-9)5-13-6-10(7-14)12-17(13,15)16/h1-4,7,10,12H,5-6,11H2. The molecule has 1 heterocycles. The lowest BCUT2D eigenvalue weighted by atomic mass is 10.2. The van der Waals surface area contributed by atoms with E-state index >= 15 is 0 Å². The summed E-state index contributed by atoms with van der Waals surface area (Å²) in [6, 6.07) is 6.29. The van der Waals surface area contributed by atoms with Gasteiger partial charge in [-0.25, -0.2) is 0 Å². The third-order valence-corrected chi connectivity index (χ3v) is 4.10. The van der Waals surface area contributed by atoms with E-state index in [2.05, 4.69) is 4.72 Å². The van der Waals surface area contributed by atoms with E-state index < -0.39 is 16.3 Å². The normalized spacial score (nSPS) is 23.6. The molecule has 0 saturated carbocycles. The van der Waals surface area contributed by atoms with Crippen molar-refractivity contribution in [1.82, 2.24) is 9.03 Å². The summed E-state index contributed by atoms with van der Waals surface area (Å²) in [6.07, 6.45) is 0.598. The fraction of sp³-hybridized carbons (Fsp3) is 0.300. The van der Waals surface area contributed by atoms with Crippen LogP contribution in [0.15, 0.2) is 24.3 Å². The Morgan fingerprint density at radius 3 is 2.59 bits per heavy atom. The van der Waals surface area contributed by atoms with Gasteiger partial charge in [0.1, 0.15) is 6.29 Å². The summed E-state index contributed by atoms with van der Waals surface area (Å²) in [7, 11) is -3.54. The van der Waals surface area contributed by atoms with E-state index in [0.29, 0.717) is 12.0 Å². The summed E-state index contributed by atoms with van der Waals surface area (Å²) < 4.78 is 26.8. The molecular formula is C10H13N3O3S. The largest absolute Gasteiger partial charge is 0.399 e. The van der Waals surface area contributed by atoms with Crippen molar-refractivity contribution in [2.75, 3.05) is 12.3 Å². The lowest BCUT2D eigenvalue weighted by molar-refractivity contribution is -0.109. The molecule has 0 amide bonds. The number of hydrogen-bond acceptors (Lipinski definition) is 4. The van der Waals surface area contributed by atoms with Crippen LogP contribution in [0.3, 0.4) is 0 Å². The van der Waals surface area contributed by atoms with E-state index in [1.54, 1.807) is 24.3 Å². The van der Waals surface area contributed by atoms with Crippen molar-refractivity contribution in [3.63, 3.8) is 0 Å². The van der Waals surface area contributed by atoms with E-state index in [1.807, 2.05) is 0 Å². The zero-order chi connectivity index (χ0) is 12.5. The predicted molar refractivity (Wildman–Crippen MR) is 63.2 cm³/mol. The molecule has 1 atom stereocenters. The number of carbonyl (C=O) groups is 1. The van der Waals surface area contributed by atoms with Gasteiger partial charge in [0.15, 0.2) is 0 Å². The summed E-state index contributed by atoms with van der Waals surface area (Å²) >= 11 is 0. The minimum Gasteiger partial charge on any atom is -0.399 e.